The second kappa shape index (κ2) is 8.36. The molecule has 0 saturated carbocycles. The summed E-state index contributed by atoms with van der Waals surface area (Å²) < 4.78 is 27.2. The molecular weight excluding hydrogens is 436 g/mol. The van der Waals surface area contributed by atoms with Gasteiger partial charge in [-0.15, -0.1) is 22.7 Å². The molecule has 0 aliphatic carbocycles. The van der Waals surface area contributed by atoms with Gasteiger partial charge in [0.15, 0.2) is 5.13 Å². The van der Waals surface area contributed by atoms with E-state index in [0.717, 1.165) is 40.1 Å². The lowest BCUT2D eigenvalue weighted by Crippen LogP contribution is -2.14. The Labute approximate surface area is 177 Å². The molecule has 0 unspecified atom stereocenters. The number of hydrogen-bond acceptors (Lipinski definition) is 5. The number of carbonyl (C=O) groups excluding carboxylic acids is 1. The van der Waals surface area contributed by atoms with Gasteiger partial charge in [0, 0.05) is 26.9 Å². The van der Waals surface area contributed by atoms with Crippen LogP contribution >= 0.6 is 34.3 Å². The van der Waals surface area contributed by atoms with Crippen molar-refractivity contribution in [1.29, 1.82) is 0 Å². The Morgan fingerprint density at radius 2 is 1.93 bits per heavy atom. The molecule has 0 spiro atoms. The molecule has 29 heavy (non-hydrogen) atoms. The van der Waals surface area contributed by atoms with Crippen molar-refractivity contribution in [2.75, 3.05) is 5.32 Å². The normalized spacial score (nSPS) is 10.9. The predicted octanol–water partition coefficient (Wildman–Crippen LogP) is 6.05. The van der Waals surface area contributed by atoms with Crippen molar-refractivity contribution < 1.29 is 13.6 Å². The fourth-order valence-electron chi connectivity index (χ4n) is 2.62. The molecule has 2 aromatic carbocycles. The SMILES string of the molecule is O=C(Cc1csc(-c2cccc(Cl)c2)n1)Nc1nc(-c2cc(F)ccc2F)cs1. The van der Waals surface area contributed by atoms with E-state index in [1.807, 2.05) is 23.6 Å². The van der Waals surface area contributed by atoms with Crippen LogP contribution in [-0.4, -0.2) is 15.9 Å². The van der Waals surface area contributed by atoms with Crippen molar-refractivity contribution in [2.24, 2.45) is 0 Å². The van der Waals surface area contributed by atoms with Crippen molar-refractivity contribution in [2.45, 2.75) is 6.42 Å². The van der Waals surface area contributed by atoms with Gasteiger partial charge in [-0.3, -0.25) is 4.79 Å². The zero-order valence-corrected chi connectivity index (χ0v) is 17.0. The minimum atomic E-state index is -0.578. The Kier molecular flexibility index (Phi) is 5.66. The molecule has 4 rings (SSSR count). The average Bonchev–Trinajstić information content (AvgIpc) is 3.33. The van der Waals surface area contributed by atoms with Crippen LogP contribution < -0.4 is 5.32 Å². The number of rotatable bonds is 5. The molecule has 0 saturated heterocycles. The molecule has 9 heteroatoms. The maximum Gasteiger partial charge on any atom is 0.232 e. The lowest BCUT2D eigenvalue weighted by Gasteiger charge is -2.01. The van der Waals surface area contributed by atoms with Crippen LogP contribution in [0.25, 0.3) is 21.8 Å². The van der Waals surface area contributed by atoms with E-state index in [1.54, 1.807) is 11.4 Å². The maximum absolute atomic E-state index is 13.9. The van der Waals surface area contributed by atoms with E-state index in [0.29, 0.717) is 15.8 Å². The Morgan fingerprint density at radius 1 is 1.07 bits per heavy atom. The van der Waals surface area contributed by atoms with Gasteiger partial charge < -0.3 is 5.32 Å². The molecule has 0 aliphatic heterocycles. The smallest absolute Gasteiger partial charge is 0.232 e. The average molecular weight is 448 g/mol. The Morgan fingerprint density at radius 3 is 2.76 bits per heavy atom. The summed E-state index contributed by atoms with van der Waals surface area (Å²) in [5, 5.41) is 7.74. The quantitative estimate of drug-likeness (QED) is 0.405. The van der Waals surface area contributed by atoms with E-state index >= 15 is 0 Å². The van der Waals surface area contributed by atoms with Gasteiger partial charge in [0.05, 0.1) is 17.8 Å². The Bertz CT molecular complexity index is 1190. The van der Waals surface area contributed by atoms with Crippen molar-refractivity contribution in [3.8, 4) is 21.8 Å². The number of amides is 1. The number of halogens is 3. The number of aromatic nitrogens is 2. The van der Waals surface area contributed by atoms with Crippen LogP contribution in [0.2, 0.25) is 5.02 Å². The molecule has 2 heterocycles. The van der Waals surface area contributed by atoms with Crippen molar-refractivity contribution in [3.05, 3.63) is 75.6 Å². The van der Waals surface area contributed by atoms with Gasteiger partial charge in [-0.1, -0.05) is 23.7 Å². The molecule has 0 aliphatic rings. The number of anilines is 1. The minimum Gasteiger partial charge on any atom is -0.302 e. The first-order valence-corrected chi connectivity index (χ1v) is 10.5. The van der Waals surface area contributed by atoms with Crippen molar-refractivity contribution in [3.63, 3.8) is 0 Å². The van der Waals surface area contributed by atoms with Gasteiger partial charge in [0.25, 0.3) is 0 Å². The summed E-state index contributed by atoms with van der Waals surface area (Å²) >= 11 is 8.56. The van der Waals surface area contributed by atoms with Crippen LogP contribution in [0.3, 0.4) is 0 Å². The van der Waals surface area contributed by atoms with E-state index in [1.165, 1.54) is 11.3 Å². The van der Waals surface area contributed by atoms with Gasteiger partial charge in [0.2, 0.25) is 5.91 Å². The van der Waals surface area contributed by atoms with Crippen LogP contribution in [0.4, 0.5) is 13.9 Å². The highest BCUT2D eigenvalue weighted by atomic mass is 35.5. The number of nitrogens with zero attached hydrogens (tertiary/aromatic N) is 2. The van der Waals surface area contributed by atoms with Crippen LogP contribution in [0.1, 0.15) is 5.69 Å². The summed E-state index contributed by atoms with van der Waals surface area (Å²) in [5.74, 6) is -1.43. The van der Waals surface area contributed by atoms with Gasteiger partial charge in [-0.2, -0.15) is 0 Å². The topological polar surface area (TPSA) is 54.9 Å². The third-order valence-corrected chi connectivity index (χ3v) is 5.85. The summed E-state index contributed by atoms with van der Waals surface area (Å²) in [6, 6.07) is 10.5. The zero-order chi connectivity index (χ0) is 20.4. The van der Waals surface area contributed by atoms with Crippen LogP contribution in [0.15, 0.2) is 53.2 Å². The Hall–Kier alpha value is -2.68. The molecule has 0 fully saturated rings. The van der Waals surface area contributed by atoms with E-state index < -0.39 is 11.6 Å². The summed E-state index contributed by atoms with van der Waals surface area (Å²) in [7, 11) is 0. The minimum absolute atomic E-state index is 0.0485. The second-order valence-electron chi connectivity index (χ2n) is 6.04. The highest BCUT2D eigenvalue weighted by Crippen LogP contribution is 2.28. The first-order valence-electron chi connectivity index (χ1n) is 8.39. The molecule has 4 nitrogen and oxygen atoms in total. The highest BCUT2D eigenvalue weighted by molar-refractivity contribution is 7.14. The molecule has 2 aromatic heterocycles. The first kappa shape index (κ1) is 19.6. The lowest BCUT2D eigenvalue weighted by molar-refractivity contribution is -0.115. The van der Waals surface area contributed by atoms with Crippen molar-refractivity contribution >= 4 is 45.3 Å². The van der Waals surface area contributed by atoms with E-state index in [-0.39, 0.29) is 23.6 Å². The van der Waals surface area contributed by atoms with Crippen LogP contribution in [0, 0.1) is 11.6 Å². The number of carbonyl (C=O) groups is 1. The molecule has 4 aromatic rings. The third-order valence-electron chi connectivity index (χ3n) is 3.92. The maximum atomic E-state index is 13.9. The number of thiazole rings is 2. The molecular formula is C20H12ClF2N3OS2. The predicted molar refractivity (Wildman–Crippen MR) is 112 cm³/mol. The number of benzene rings is 2. The molecule has 0 bridgehead atoms. The van der Waals surface area contributed by atoms with Gasteiger partial charge in [-0.25, -0.2) is 18.7 Å². The highest BCUT2D eigenvalue weighted by Gasteiger charge is 2.14. The standard InChI is InChI=1S/C20H12ClF2N3OS2/c21-12-3-1-2-11(6-12)19-24-14(9-28-19)8-18(27)26-20-25-17(10-29-20)15-7-13(22)4-5-16(15)23/h1-7,9-10H,8H2,(H,25,26,27). The van der Waals surface area contributed by atoms with Gasteiger partial charge in [-0.05, 0) is 30.3 Å². The number of hydrogen-bond donors (Lipinski definition) is 1. The molecule has 1 N–H and O–H groups in total. The van der Waals surface area contributed by atoms with E-state index in [4.69, 9.17) is 11.6 Å². The second-order valence-corrected chi connectivity index (χ2v) is 8.19. The fraction of sp³-hybridized carbons (Fsp3) is 0.0500. The van der Waals surface area contributed by atoms with Gasteiger partial charge in [0.1, 0.15) is 16.6 Å². The van der Waals surface area contributed by atoms with E-state index in [9.17, 15) is 13.6 Å². The summed E-state index contributed by atoms with van der Waals surface area (Å²) in [6.07, 6.45) is 0.0697. The lowest BCUT2D eigenvalue weighted by atomic mass is 10.1. The fourth-order valence-corrected chi connectivity index (χ4v) is 4.35. The summed E-state index contributed by atoms with van der Waals surface area (Å²) in [4.78, 5) is 21.0. The van der Waals surface area contributed by atoms with Crippen molar-refractivity contribution in [1.82, 2.24) is 9.97 Å². The summed E-state index contributed by atoms with van der Waals surface area (Å²) in [6.45, 7) is 0. The van der Waals surface area contributed by atoms with Crippen LogP contribution in [-0.2, 0) is 11.2 Å². The molecule has 1 amide bonds. The number of nitrogens with one attached hydrogen (secondary N) is 1. The first-order chi connectivity index (χ1) is 14.0. The monoisotopic (exact) mass is 447 g/mol. The van der Waals surface area contributed by atoms with Gasteiger partial charge >= 0.3 is 0 Å². The zero-order valence-electron chi connectivity index (χ0n) is 14.7. The summed E-state index contributed by atoms with van der Waals surface area (Å²) in [5.41, 5.74) is 1.82. The largest absolute Gasteiger partial charge is 0.302 e. The Balaban J connectivity index is 1.43. The molecule has 0 radical (unpaired) electrons. The van der Waals surface area contributed by atoms with Crippen LogP contribution in [0.5, 0.6) is 0 Å². The molecule has 0 atom stereocenters. The molecule has 146 valence electrons. The third kappa shape index (κ3) is 4.67. The van der Waals surface area contributed by atoms with E-state index in [2.05, 4.69) is 15.3 Å².